The summed E-state index contributed by atoms with van der Waals surface area (Å²) in [6.45, 7) is 8.89. The van der Waals surface area contributed by atoms with Gasteiger partial charge in [0.25, 0.3) is 0 Å². The number of benzene rings is 1. The van der Waals surface area contributed by atoms with Crippen molar-refractivity contribution in [3.05, 3.63) is 42.5 Å². The SMILES string of the molecule is C=CC(=O)N1C[C@H](C)C[C@H]1C(=O)NCc1ccccc1N1CCCCC1. The molecular weight excluding hydrogens is 326 g/mol. The van der Waals surface area contributed by atoms with E-state index in [2.05, 4.69) is 41.9 Å². The van der Waals surface area contributed by atoms with E-state index in [4.69, 9.17) is 0 Å². The number of carbonyl (C=O) groups excluding carboxylic acids is 2. The fourth-order valence-electron chi connectivity index (χ4n) is 4.06. The van der Waals surface area contributed by atoms with Gasteiger partial charge in [0.1, 0.15) is 6.04 Å². The van der Waals surface area contributed by atoms with E-state index in [9.17, 15) is 9.59 Å². The largest absolute Gasteiger partial charge is 0.371 e. The van der Waals surface area contributed by atoms with Crippen LogP contribution >= 0.6 is 0 Å². The average Bonchev–Trinajstić information content (AvgIpc) is 3.08. The highest BCUT2D eigenvalue weighted by atomic mass is 16.2. The van der Waals surface area contributed by atoms with Gasteiger partial charge < -0.3 is 15.1 Å². The zero-order valence-corrected chi connectivity index (χ0v) is 15.6. The fraction of sp³-hybridized carbons (Fsp3) is 0.524. The molecule has 3 rings (SSSR count). The summed E-state index contributed by atoms with van der Waals surface area (Å²) in [7, 11) is 0. The maximum atomic E-state index is 12.7. The van der Waals surface area contributed by atoms with Gasteiger partial charge in [0.2, 0.25) is 11.8 Å². The van der Waals surface area contributed by atoms with Crippen LogP contribution in [0.1, 0.15) is 38.2 Å². The summed E-state index contributed by atoms with van der Waals surface area (Å²) in [6, 6.07) is 7.89. The van der Waals surface area contributed by atoms with Crippen LogP contribution in [0.25, 0.3) is 0 Å². The third kappa shape index (κ3) is 4.09. The lowest BCUT2D eigenvalue weighted by molar-refractivity contribution is -0.135. The van der Waals surface area contributed by atoms with Gasteiger partial charge in [-0.15, -0.1) is 0 Å². The second kappa shape index (κ2) is 8.39. The Bertz CT molecular complexity index is 667. The van der Waals surface area contributed by atoms with Crippen LogP contribution in [0, 0.1) is 5.92 Å². The molecule has 0 radical (unpaired) electrons. The van der Waals surface area contributed by atoms with E-state index < -0.39 is 6.04 Å². The lowest BCUT2D eigenvalue weighted by Gasteiger charge is -2.31. The number of nitrogens with one attached hydrogen (secondary N) is 1. The monoisotopic (exact) mass is 355 g/mol. The Kier molecular flexibility index (Phi) is 5.96. The van der Waals surface area contributed by atoms with Crippen LogP contribution in [0.3, 0.4) is 0 Å². The molecule has 5 nitrogen and oxygen atoms in total. The molecule has 0 spiro atoms. The average molecular weight is 355 g/mol. The highest BCUT2D eigenvalue weighted by Gasteiger charge is 2.36. The number of rotatable bonds is 5. The van der Waals surface area contributed by atoms with E-state index in [1.165, 1.54) is 31.0 Å². The summed E-state index contributed by atoms with van der Waals surface area (Å²) in [6.07, 6.45) is 5.74. The lowest BCUT2D eigenvalue weighted by atomic mass is 10.1. The summed E-state index contributed by atoms with van der Waals surface area (Å²) in [4.78, 5) is 28.8. The van der Waals surface area contributed by atoms with Gasteiger partial charge in [-0.05, 0) is 49.3 Å². The molecule has 2 amide bonds. The summed E-state index contributed by atoms with van der Waals surface area (Å²) in [5.74, 6) is 0.0940. The lowest BCUT2D eigenvalue weighted by Crippen LogP contribution is -2.45. The van der Waals surface area contributed by atoms with Crippen molar-refractivity contribution < 1.29 is 9.59 Å². The number of para-hydroxylation sites is 1. The number of anilines is 1. The Hall–Kier alpha value is -2.30. The number of nitrogens with zero attached hydrogens (tertiary/aromatic N) is 2. The molecule has 2 saturated heterocycles. The smallest absolute Gasteiger partial charge is 0.246 e. The van der Waals surface area contributed by atoms with E-state index in [0.717, 1.165) is 18.7 Å². The van der Waals surface area contributed by atoms with Crippen molar-refractivity contribution in [1.29, 1.82) is 0 Å². The molecule has 5 heteroatoms. The second-order valence-corrected chi connectivity index (χ2v) is 7.45. The highest BCUT2D eigenvalue weighted by molar-refractivity contribution is 5.93. The molecule has 26 heavy (non-hydrogen) atoms. The number of likely N-dealkylation sites (tertiary alicyclic amines) is 1. The van der Waals surface area contributed by atoms with Gasteiger partial charge in [0, 0.05) is 31.9 Å². The Labute approximate surface area is 156 Å². The predicted octanol–water partition coefficient (Wildman–Crippen LogP) is 2.72. The maximum absolute atomic E-state index is 12.7. The fourth-order valence-corrected chi connectivity index (χ4v) is 4.06. The highest BCUT2D eigenvalue weighted by Crippen LogP contribution is 2.25. The van der Waals surface area contributed by atoms with Crippen LogP contribution in [0.2, 0.25) is 0 Å². The van der Waals surface area contributed by atoms with E-state index in [1.54, 1.807) is 4.90 Å². The first kappa shape index (κ1) is 18.5. The molecule has 2 heterocycles. The van der Waals surface area contributed by atoms with Crippen LogP contribution in [0.15, 0.2) is 36.9 Å². The first-order valence-electron chi connectivity index (χ1n) is 9.63. The Morgan fingerprint density at radius 2 is 1.96 bits per heavy atom. The molecule has 0 saturated carbocycles. The van der Waals surface area contributed by atoms with Crippen LogP contribution in [-0.2, 0) is 16.1 Å². The molecule has 2 atom stereocenters. The molecule has 1 aromatic rings. The van der Waals surface area contributed by atoms with Crippen LogP contribution in [-0.4, -0.2) is 42.4 Å². The molecule has 1 aromatic carbocycles. The number of amides is 2. The maximum Gasteiger partial charge on any atom is 0.246 e. The quantitative estimate of drug-likeness (QED) is 0.827. The van der Waals surface area contributed by atoms with Gasteiger partial charge in [-0.1, -0.05) is 31.7 Å². The molecule has 2 aliphatic heterocycles. The van der Waals surface area contributed by atoms with Crippen molar-refractivity contribution in [3.8, 4) is 0 Å². The van der Waals surface area contributed by atoms with Crippen molar-refractivity contribution in [2.24, 2.45) is 5.92 Å². The summed E-state index contributed by atoms with van der Waals surface area (Å²) >= 11 is 0. The minimum atomic E-state index is -0.391. The topological polar surface area (TPSA) is 52.7 Å². The summed E-state index contributed by atoms with van der Waals surface area (Å²) in [5, 5.41) is 3.06. The Morgan fingerprint density at radius 3 is 2.69 bits per heavy atom. The minimum absolute atomic E-state index is 0.0713. The van der Waals surface area contributed by atoms with Gasteiger partial charge in [0.15, 0.2) is 0 Å². The standard InChI is InChI=1S/C21H29N3O2/c1-3-20(25)24-15-16(2)13-19(24)21(26)22-14-17-9-5-6-10-18(17)23-11-7-4-8-12-23/h3,5-6,9-10,16,19H,1,4,7-8,11-15H2,2H3,(H,22,26)/t16-,19+/m1/s1. The third-order valence-electron chi connectivity index (χ3n) is 5.41. The third-order valence-corrected chi connectivity index (χ3v) is 5.41. The number of hydrogen-bond acceptors (Lipinski definition) is 3. The molecule has 0 aromatic heterocycles. The predicted molar refractivity (Wildman–Crippen MR) is 104 cm³/mol. The van der Waals surface area contributed by atoms with Gasteiger partial charge >= 0.3 is 0 Å². The van der Waals surface area contributed by atoms with Crippen molar-refractivity contribution in [2.45, 2.75) is 45.2 Å². The van der Waals surface area contributed by atoms with Crippen LogP contribution < -0.4 is 10.2 Å². The van der Waals surface area contributed by atoms with Gasteiger partial charge in [-0.3, -0.25) is 9.59 Å². The summed E-state index contributed by atoms with van der Waals surface area (Å²) in [5.41, 5.74) is 2.35. The van der Waals surface area contributed by atoms with Crippen LogP contribution in [0.4, 0.5) is 5.69 Å². The molecule has 0 bridgehead atoms. The Morgan fingerprint density at radius 1 is 1.23 bits per heavy atom. The molecule has 2 fully saturated rings. The van der Waals surface area contributed by atoms with Gasteiger partial charge in [0.05, 0.1) is 0 Å². The summed E-state index contributed by atoms with van der Waals surface area (Å²) < 4.78 is 0. The second-order valence-electron chi connectivity index (χ2n) is 7.45. The number of carbonyl (C=O) groups is 2. The normalized spacial score (nSPS) is 23.0. The van der Waals surface area contributed by atoms with E-state index >= 15 is 0 Å². The van der Waals surface area contributed by atoms with Crippen molar-refractivity contribution >= 4 is 17.5 Å². The van der Waals surface area contributed by atoms with Gasteiger partial charge in [-0.25, -0.2) is 0 Å². The number of hydrogen-bond donors (Lipinski definition) is 1. The van der Waals surface area contributed by atoms with E-state index in [0.29, 0.717) is 25.4 Å². The molecule has 0 aliphatic carbocycles. The Balaban J connectivity index is 1.66. The van der Waals surface area contributed by atoms with Crippen molar-refractivity contribution in [1.82, 2.24) is 10.2 Å². The van der Waals surface area contributed by atoms with E-state index in [1.807, 2.05) is 6.07 Å². The molecule has 0 unspecified atom stereocenters. The molecule has 140 valence electrons. The minimum Gasteiger partial charge on any atom is -0.371 e. The first-order valence-corrected chi connectivity index (χ1v) is 9.63. The number of piperidine rings is 1. The van der Waals surface area contributed by atoms with Gasteiger partial charge in [-0.2, -0.15) is 0 Å². The zero-order chi connectivity index (χ0) is 18.5. The molecule has 2 aliphatic rings. The molecular formula is C21H29N3O2. The van der Waals surface area contributed by atoms with Crippen molar-refractivity contribution in [3.63, 3.8) is 0 Å². The van der Waals surface area contributed by atoms with Crippen LogP contribution in [0.5, 0.6) is 0 Å². The first-order chi connectivity index (χ1) is 12.6. The zero-order valence-electron chi connectivity index (χ0n) is 15.6. The van der Waals surface area contributed by atoms with E-state index in [-0.39, 0.29) is 11.8 Å². The molecule has 1 N–H and O–H groups in total. The van der Waals surface area contributed by atoms with Crippen molar-refractivity contribution in [2.75, 3.05) is 24.5 Å².